The molecule has 2 aromatic rings. The third-order valence-corrected chi connectivity index (χ3v) is 5.24. The summed E-state index contributed by atoms with van der Waals surface area (Å²) in [5.74, 6) is -0.167. The van der Waals surface area contributed by atoms with Gasteiger partial charge < -0.3 is 10.2 Å². The van der Waals surface area contributed by atoms with Crippen molar-refractivity contribution in [2.24, 2.45) is 0 Å². The van der Waals surface area contributed by atoms with Crippen LogP contribution in [0.15, 0.2) is 24.4 Å². The normalized spacial score (nSPS) is 16.6. The molecule has 134 valence electrons. The van der Waals surface area contributed by atoms with Crippen molar-refractivity contribution in [2.75, 3.05) is 13.1 Å². The predicted octanol–water partition coefficient (Wildman–Crippen LogP) is 2.86. The quantitative estimate of drug-likeness (QED) is 0.877. The summed E-state index contributed by atoms with van der Waals surface area (Å²) in [5, 5.41) is 10.9. The van der Waals surface area contributed by atoms with Crippen molar-refractivity contribution in [3.05, 3.63) is 30.0 Å². The molecule has 1 aliphatic rings. The molecule has 2 N–H and O–H groups in total. The van der Waals surface area contributed by atoms with Gasteiger partial charge in [-0.3, -0.25) is 14.7 Å². The molecular weight excluding hydrogens is 316 g/mol. The highest BCUT2D eigenvalue weighted by Crippen LogP contribution is 2.31. The van der Waals surface area contributed by atoms with Gasteiger partial charge >= 0.3 is 0 Å². The number of fused-ring (bicyclic) bond motifs is 1. The fraction of sp³-hybridized carbons (Fsp3) is 0.526. The van der Waals surface area contributed by atoms with Crippen molar-refractivity contribution in [3.63, 3.8) is 0 Å². The van der Waals surface area contributed by atoms with E-state index in [0.717, 1.165) is 24.6 Å². The summed E-state index contributed by atoms with van der Waals surface area (Å²) in [5.41, 5.74) is 0.456. The molecule has 0 unspecified atom stereocenters. The fourth-order valence-corrected chi connectivity index (χ4v) is 3.80. The Morgan fingerprint density at radius 1 is 1.20 bits per heavy atom. The highest BCUT2D eigenvalue weighted by molar-refractivity contribution is 6.07. The predicted molar refractivity (Wildman–Crippen MR) is 97.3 cm³/mol. The Morgan fingerprint density at radius 3 is 2.60 bits per heavy atom. The number of carbonyl (C=O) groups is 2. The lowest BCUT2D eigenvalue weighted by Gasteiger charge is -2.40. The smallest absolute Gasteiger partial charge is 0.254 e. The van der Waals surface area contributed by atoms with Gasteiger partial charge in [0.25, 0.3) is 5.91 Å². The van der Waals surface area contributed by atoms with Crippen LogP contribution in [0.4, 0.5) is 0 Å². The van der Waals surface area contributed by atoms with Crippen LogP contribution in [0.5, 0.6) is 0 Å². The summed E-state index contributed by atoms with van der Waals surface area (Å²) in [6, 6.07) is 5.52. The summed E-state index contributed by atoms with van der Waals surface area (Å²) in [6.07, 6.45) is 6.13. The molecule has 0 aliphatic heterocycles. The van der Waals surface area contributed by atoms with Gasteiger partial charge in [-0.1, -0.05) is 31.4 Å². The van der Waals surface area contributed by atoms with E-state index in [2.05, 4.69) is 15.5 Å². The van der Waals surface area contributed by atoms with Crippen molar-refractivity contribution in [2.45, 2.75) is 51.5 Å². The molecule has 1 fully saturated rings. The third kappa shape index (κ3) is 3.25. The summed E-state index contributed by atoms with van der Waals surface area (Å²) in [4.78, 5) is 28.0. The zero-order valence-electron chi connectivity index (χ0n) is 15.0. The van der Waals surface area contributed by atoms with Crippen LogP contribution in [0.2, 0.25) is 0 Å². The molecule has 25 heavy (non-hydrogen) atoms. The first-order chi connectivity index (χ1) is 12.1. The number of nitrogens with zero attached hydrogens (tertiary/aromatic N) is 2. The molecule has 0 saturated heterocycles. The van der Waals surface area contributed by atoms with Gasteiger partial charge in [-0.15, -0.1) is 0 Å². The number of H-pyrrole nitrogens is 1. The summed E-state index contributed by atoms with van der Waals surface area (Å²) >= 11 is 0. The molecule has 0 bridgehead atoms. The monoisotopic (exact) mass is 342 g/mol. The van der Waals surface area contributed by atoms with E-state index in [0.29, 0.717) is 37.0 Å². The Hall–Kier alpha value is -2.37. The highest BCUT2D eigenvalue weighted by atomic mass is 16.2. The lowest BCUT2D eigenvalue weighted by Crippen LogP contribution is -2.60. The number of carbonyl (C=O) groups excluding carboxylic acids is 2. The summed E-state index contributed by atoms with van der Waals surface area (Å²) in [7, 11) is 0. The Balaban J connectivity index is 1.91. The van der Waals surface area contributed by atoms with Crippen LogP contribution in [0.25, 0.3) is 10.9 Å². The molecule has 0 radical (unpaired) electrons. The fourth-order valence-electron chi connectivity index (χ4n) is 3.80. The van der Waals surface area contributed by atoms with E-state index in [1.165, 1.54) is 0 Å². The second kappa shape index (κ2) is 7.25. The molecule has 6 heteroatoms. The van der Waals surface area contributed by atoms with Crippen molar-refractivity contribution in [1.82, 2.24) is 20.4 Å². The average molecular weight is 342 g/mol. The molecule has 1 aromatic carbocycles. The number of aromatic amines is 1. The van der Waals surface area contributed by atoms with Gasteiger partial charge in [0.2, 0.25) is 5.91 Å². The van der Waals surface area contributed by atoms with Crippen LogP contribution >= 0.6 is 0 Å². The van der Waals surface area contributed by atoms with Gasteiger partial charge in [-0.05, 0) is 32.8 Å². The van der Waals surface area contributed by atoms with Crippen LogP contribution in [0, 0.1) is 0 Å². The minimum atomic E-state index is -0.788. The second-order valence-corrected chi connectivity index (χ2v) is 6.71. The maximum Gasteiger partial charge on any atom is 0.254 e. The van der Waals surface area contributed by atoms with Crippen molar-refractivity contribution >= 4 is 22.7 Å². The van der Waals surface area contributed by atoms with Crippen LogP contribution < -0.4 is 5.32 Å². The number of nitrogens with one attached hydrogen (secondary N) is 2. The summed E-state index contributed by atoms with van der Waals surface area (Å²) in [6.45, 7) is 5.27. The zero-order chi connectivity index (χ0) is 17.9. The highest BCUT2D eigenvalue weighted by Gasteiger charge is 2.43. The lowest BCUT2D eigenvalue weighted by molar-refractivity contribution is -0.139. The first-order valence-electron chi connectivity index (χ1n) is 9.15. The Labute approximate surface area is 148 Å². The van der Waals surface area contributed by atoms with E-state index >= 15 is 0 Å². The SMILES string of the molecule is CCN(CC)C(=O)C1(NC(=O)c2cccc3cn[nH]c23)CCCCC1. The number of aromatic nitrogens is 2. The molecule has 0 spiro atoms. The van der Waals surface area contributed by atoms with Gasteiger partial charge in [-0.25, -0.2) is 0 Å². The first-order valence-corrected chi connectivity index (χ1v) is 9.15. The number of likely N-dealkylation sites (N-methyl/N-ethyl adjacent to an activating group) is 1. The summed E-state index contributed by atoms with van der Waals surface area (Å²) < 4.78 is 0. The van der Waals surface area contributed by atoms with Crippen LogP contribution in [0.3, 0.4) is 0 Å². The Morgan fingerprint density at radius 2 is 1.92 bits per heavy atom. The number of rotatable bonds is 5. The first kappa shape index (κ1) is 17.5. The van der Waals surface area contributed by atoms with E-state index in [4.69, 9.17) is 0 Å². The standard InChI is InChI=1S/C19H26N4O2/c1-3-23(4-2)18(25)19(11-6-5-7-12-19)21-17(24)15-10-8-9-14-13-20-22-16(14)15/h8-10,13H,3-7,11-12H2,1-2H3,(H,20,22)(H,21,24). The molecule has 1 saturated carbocycles. The van der Waals surface area contributed by atoms with Gasteiger partial charge in [0.05, 0.1) is 17.3 Å². The maximum atomic E-state index is 13.2. The van der Waals surface area contributed by atoms with Crippen molar-refractivity contribution in [1.29, 1.82) is 0 Å². The molecule has 3 rings (SSSR count). The van der Waals surface area contributed by atoms with E-state index in [9.17, 15) is 9.59 Å². The maximum absolute atomic E-state index is 13.2. The topological polar surface area (TPSA) is 78.1 Å². The molecule has 1 aromatic heterocycles. The average Bonchev–Trinajstić information content (AvgIpc) is 3.12. The minimum absolute atomic E-state index is 0.0438. The van der Waals surface area contributed by atoms with Crippen molar-refractivity contribution < 1.29 is 9.59 Å². The molecule has 2 amide bonds. The molecule has 0 atom stereocenters. The molecule has 1 aliphatic carbocycles. The van der Waals surface area contributed by atoms with E-state index in [1.807, 2.05) is 30.9 Å². The van der Waals surface area contributed by atoms with E-state index in [1.54, 1.807) is 12.3 Å². The van der Waals surface area contributed by atoms with Crippen molar-refractivity contribution in [3.8, 4) is 0 Å². The van der Waals surface area contributed by atoms with E-state index in [-0.39, 0.29) is 11.8 Å². The molecule has 1 heterocycles. The lowest BCUT2D eigenvalue weighted by atomic mass is 9.80. The van der Waals surface area contributed by atoms with Gasteiger partial charge in [0.1, 0.15) is 5.54 Å². The van der Waals surface area contributed by atoms with Crippen LogP contribution in [-0.4, -0.2) is 45.5 Å². The zero-order valence-corrected chi connectivity index (χ0v) is 15.0. The number of hydrogen-bond donors (Lipinski definition) is 2. The minimum Gasteiger partial charge on any atom is -0.341 e. The van der Waals surface area contributed by atoms with Gasteiger partial charge in [-0.2, -0.15) is 5.10 Å². The van der Waals surface area contributed by atoms with Crippen LogP contribution in [0.1, 0.15) is 56.3 Å². The largest absolute Gasteiger partial charge is 0.341 e. The van der Waals surface area contributed by atoms with Gasteiger partial charge in [0.15, 0.2) is 0 Å². The van der Waals surface area contributed by atoms with Gasteiger partial charge in [0, 0.05) is 18.5 Å². The Bertz CT molecular complexity index is 758. The molecular formula is C19H26N4O2. The van der Waals surface area contributed by atoms with Crippen LogP contribution in [-0.2, 0) is 4.79 Å². The third-order valence-electron chi connectivity index (χ3n) is 5.24. The number of para-hydroxylation sites is 1. The number of hydrogen-bond acceptors (Lipinski definition) is 3. The molecule has 6 nitrogen and oxygen atoms in total. The number of benzene rings is 1. The number of amides is 2. The second-order valence-electron chi connectivity index (χ2n) is 6.71. The Kier molecular flexibility index (Phi) is 5.06. The van der Waals surface area contributed by atoms with E-state index < -0.39 is 5.54 Å².